The minimum atomic E-state index is -0.874. The molecule has 2 rings (SSSR count). The van der Waals surface area contributed by atoms with Crippen LogP contribution < -0.4 is 5.32 Å². The van der Waals surface area contributed by atoms with Crippen LogP contribution in [0.3, 0.4) is 0 Å². The molecule has 0 radical (unpaired) electrons. The molecule has 0 saturated carbocycles. The Balaban J connectivity index is 2.48. The highest BCUT2D eigenvalue weighted by Crippen LogP contribution is 2.31. The maximum Gasteiger partial charge on any atom is 0.166 e. The van der Waals surface area contributed by atoms with Crippen molar-refractivity contribution in [1.29, 1.82) is 0 Å². The van der Waals surface area contributed by atoms with E-state index in [4.69, 9.17) is 11.6 Å². The van der Waals surface area contributed by atoms with Crippen LogP contribution in [0.15, 0.2) is 36.4 Å². The molecule has 0 bridgehead atoms. The first-order chi connectivity index (χ1) is 8.63. The lowest BCUT2D eigenvalue weighted by Crippen LogP contribution is -2.04. The van der Waals surface area contributed by atoms with Gasteiger partial charge in [0.15, 0.2) is 11.6 Å². The van der Waals surface area contributed by atoms with E-state index < -0.39 is 11.6 Å². The highest BCUT2D eigenvalue weighted by atomic mass is 35.5. The summed E-state index contributed by atoms with van der Waals surface area (Å²) in [4.78, 5) is 0. The average molecular weight is 268 g/mol. The van der Waals surface area contributed by atoms with Crippen LogP contribution in [0.25, 0.3) is 11.1 Å². The maximum absolute atomic E-state index is 13.7. The van der Waals surface area contributed by atoms with Crippen molar-refractivity contribution >= 4 is 11.6 Å². The zero-order valence-corrected chi connectivity index (χ0v) is 10.6. The molecule has 0 spiro atoms. The van der Waals surface area contributed by atoms with Crippen LogP contribution in [0, 0.1) is 11.6 Å². The summed E-state index contributed by atoms with van der Waals surface area (Å²) in [6.45, 7) is 0.672. The van der Waals surface area contributed by atoms with Gasteiger partial charge in [0.2, 0.25) is 0 Å². The molecule has 0 fully saturated rings. The number of hydrogen-bond donors (Lipinski definition) is 1. The molecular formula is C14H12ClF2N. The molecule has 18 heavy (non-hydrogen) atoms. The molecule has 94 valence electrons. The third-order valence-electron chi connectivity index (χ3n) is 2.66. The van der Waals surface area contributed by atoms with Crippen LogP contribution in [0.4, 0.5) is 8.78 Å². The van der Waals surface area contributed by atoms with Crippen molar-refractivity contribution in [3.63, 3.8) is 0 Å². The molecule has 2 aromatic rings. The third kappa shape index (κ3) is 2.52. The maximum atomic E-state index is 13.7. The predicted molar refractivity (Wildman–Crippen MR) is 69.6 cm³/mol. The molecule has 0 unspecified atom stereocenters. The summed E-state index contributed by atoms with van der Waals surface area (Å²) in [5.74, 6) is -1.75. The molecule has 0 aromatic heterocycles. The average Bonchev–Trinajstić information content (AvgIpc) is 2.34. The molecule has 2 aromatic carbocycles. The molecule has 0 aliphatic rings. The summed E-state index contributed by atoms with van der Waals surface area (Å²) >= 11 is 6.11. The van der Waals surface area contributed by atoms with Crippen LogP contribution in [-0.2, 0) is 6.54 Å². The highest BCUT2D eigenvalue weighted by molar-refractivity contribution is 6.33. The number of benzene rings is 2. The molecule has 4 heteroatoms. The van der Waals surface area contributed by atoms with Crippen LogP contribution >= 0.6 is 11.6 Å². The van der Waals surface area contributed by atoms with Gasteiger partial charge in [0, 0.05) is 22.7 Å². The summed E-state index contributed by atoms with van der Waals surface area (Å²) in [6, 6.07) is 9.34. The van der Waals surface area contributed by atoms with E-state index in [1.165, 1.54) is 12.1 Å². The predicted octanol–water partition coefficient (Wildman–Crippen LogP) is 4.00. The Labute approximate surface area is 109 Å². The van der Waals surface area contributed by atoms with Crippen molar-refractivity contribution in [3.05, 3.63) is 58.6 Å². The lowest BCUT2D eigenvalue weighted by atomic mass is 10.0. The number of rotatable bonds is 3. The lowest BCUT2D eigenvalue weighted by Gasteiger charge is -2.08. The molecule has 0 aliphatic heterocycles. The normalized spacial score (nSPS) is 10.7. The third-order valence-corrected chi connectivity index (χ3v) is 2.97. The van der Waals surface area contributed by atoms with E-state index >= 15 is 0 Å². The highest BCUT2D eigenvalue weighted by Gasteiger charge is 2.12. The van der Waals surface area contributed by atoms with Crippen LogP contribution in [0.2, 0.25) is 5.02 Å². The van der Waals surface area contributed by atoms with Gasteiger partial charge in [-0.2, -0.15) is 0 Å². The van der Waals surface area contributed by atoms with Crippen molar-refractivity contribution in [2.24, 2.45) is 0 Å². The van der Waals surface area contributed by atoms with E-state index in [2.05, 4.69) is 5.32 Å². The zero-order valence-electron chi connectivity index (χ0n) is 9.81. The van der Waals surface area contributed by atoms with Crippen molar-refractivity contribution in [2.45, 2.75) is 6.54 Å². The fraction of sp³-hybridized carbons (Fsp3) is 0.143. The summed E-state index contributed by atoms with van der Waals surface area (Å²) in [5, 5.41) is 3.41. The minimum Gasteiger partial charge on any atom is -0.316 e. The molecule has 0 heterocycles. The van der Waals surface area contributed by atoms with Gasteiger partial charge in [-0.05, 0) is 24.7 Å². The second-order valence-electron chi connectivity index (χ2n) is 3.95. The van der Waals surface area contributed by atoms with Gasteiger partial charge < -0.3 is 5.32 Å². The molecule has 0 amide bonds. The topological polar surface area (TPSA) is 12.0 Å². The Kier molecular flexibility index (Phi) is 3.94. The zero-order chi connectivity index (χ0) is 13.1. The van der Waals surface area contributed by atoms with E-state index in [9.17, 15) is 8.78 Å². The van der Waals surface area contributed by atoms with Crippen LogP contribution in [0.1, 0.15) is 5.56 Å². The fourth-order valence-electron chi connectivity index (χ4n) is 1.80. The Bertz CT molecular complexity index is 570. The SMILES string of the molecule is CNCc1ccc(-c2cccc(F)c2F)c(Cl)c1. The van der Waals surface area contributed by atoms with E-state index in [0.29, 0.717) is 17.1 Å². The van der Waals surface area contributed by atoms with E-state index in [-0.39, 0.29) is 5.56 Å². The first kappa shape index (κ1) is 13.0. The quantitative estimate of drug-likeness (QED) is 0.886. The Hall–Kier alpha value is -1.45. The van der Waals surface area contributed by atoms with Gasteiger partial charge in [-0.1, -0.05) is 35.9 Å². The van der Waals surface area contributed by atoms with Gasteiger partial charge in [0.25, 0.3) is 0 Å². The second-order valence-corrected chi connectivity index (χ2v) is 4.35. The van der Waals surface area contributed by atoms with Gasteiger partial charge in [-0.15, -0.1) is 0 Å². The molecular weight excluding hydrogens is 256 g/mol. The Morgan fingerprint density at radius 3 is 2.56 bits per heavy atom. The van der Waals surface area contributed by atoms with Gasteiger partial charge in [-0.3, -0.25) is 0 Å². The summed E-state index contributed by atoms with van der Waals surface area (Å²) in [6.07, 6.45) is 0. The molecule has 1 nitrogen and oxygen atoms in total. The van der Waals surface area contributed by atoms with Gasteiger partial charge >= 0.3 is 0 Å². The summed E-state index contributed by atoms with van der Waals surface area (Å²) in [5.41, 5.74) is 1.66. The Morgan fingerprint density at radius 2 is 1.89 bits per heavy atom. The molecule has 0 aliphatic carbocycles. The monoisotopic (exact) mass is 267 g/mol. The van der Waals surface area contributed by atoms with Crippen LogP contribution in [0.5, 0.6) is 0 Å². The number of nitrogens with one attached hydrogen (secondary N) is 1. The van der Waals surface area contributed by atoms with Crippen molar-refractivity contribution < 1.29 is 8.78 Å². The fourth-order valence-corrected chi connectivity index (χ4v) is 2.11. The minimum absolute atomic E-state index is 0.177. The largest absolute Gasteiger partial charge is 0.316 e. The van der Waals surface area contributed by atoms with Gasteiger partial charge in [0.1, 0.15) is 0 Å². The summed E-state index contributed by atoms with van der Waals surface area (Å²) in [7, 11) is 1.83. The van der Waals surface area contributed by atoms with E-state index in [1.807, 2.05) is 13.1 Å². The van der Waals surface area contributed by atoms with E-state index in [0.717, 1.165) is 11.6 Å². The van der Waals surface area contributed by atoms with E-state index in [1.54, 1.807) is 12.1 Å². The number of halogens is 3. The molecule has 0 saturated heterocycles. The first-order valence-electron chi connectivity index (χ1n) is 5.51. The van der Waals surface area contributed by atoms with Gasteiger partial charge in [-0.25, -0.2) is 8.78 Å². The van der Waals surface area contributed by atoms with Crippen molar-refractivity contribution in [2.75, 3.05) is 7.05 Å². The molecule has 1 N–H and O–H groups in total. The first-order valence-corrected chi connectivity index (χ1v) is 5.88. The molecule has 0 atom stereocenters. The standard InChI is InChI=1S/C14H12ClF2N/c1-18-8-9-5-6-10(12(15)7-9)11-3-2-4-13(16)14(11)17/h2-7,18H,8H2,1H3. The number of hydrogen-bond acceptors (Lipinski definition) is 1. The van der Waals surface area contributed by atoms with Gasteiger partial charge in [0.05, 0.1) is 0 Å². The van der Waals surface area contributed by atoms with Crippen LogP contribution in [-0.4, -0.2) is 7.05 Å². The summed E-state index contributed by atoms with van der Waals surface area (Å²) < 4.78 is 26.8. The van der Waals surface area contributed by atoms with Crippen molar-refractivity contribution in [1.82, 2.24) is 5.32 Å². The lowest BCUT2D eigenvalue weighted by molar-refractivity contribution is 0.511. The smallest absolute Gasteiger partial charge is 0.166 e. The second kappa shape index (κ2) is 5.46. The van der Waals surface area contributed by atoms with Crippen molar-refractivity contribution in [3.8, 4) is 11.1 Å². The Morgan fingerprint density at radius 1 is 1.11 bits per heavy atom.